The van der Waals surface area contributed by atoms with Gasteiger partial charge < -0.3 is 13.7 Å². The molecule has 0 N–H and O–H groups in total. The first-order chi connectivity index (χ1) is 31.6. The molecular weight excluding hydrogens is 619 g/mol. The minimum absolute atomic E-state index is 0.0548. The van der Waals surface area contributed by atoms with Crippen molar-refractivity contribution in [2.24, 2.45) is 0 Å². The van der Waals surface area contributed by atoms with Crippen molar-refractivity contribution in [1.29, 1.82) is 0 Å². The fourth-order valence-electron chi connectivity index (χ4n) is 7.33. The summed E-state index contributed by atoms with van der Waals surface area (Å²) in [6, 6.07) is 19.6. The molecule has 3 aromatic heterocycles. The van der Waals surface area contributed by atoms with Gasteiger partial charge in [0.05, 0.1) is 53.7 Å². The normalized spacial score (nSPS) is 16.0. The molecule has 0 bridgehead atoms. The third-order valence-electron chi connectivity index (χ3n) is 9.45. The van der Waals surface area contributed by atoms with Gasteiger partial charge in [-0.3, -0.25) is 0 Å². The molecule has 0 saturated carbocycles. The zero-order valence-electron chi connectivity index (χ0n) is 41.6. The van der Waals surface area contributed by atoms with Gasteiger partial charge in [0.25, 0.3) is 0 Å². The molecule has 0 unspecified atom stereocenters. The van der Waals surface area contributed by atoms with E-state index in [9.17, 15) is 11.0 Å². The Morgan fingerprint density at radius 3 is 1.31 bits per heavy atom. The summed E-state index contributed by atoms with van der Waals surface area (Å²) in [6.07, 6.45) is 0. The number of nitrogens with zero attached hydrogens (tertiary/aromatic N) is 3. The highest BCUT2D eigenvalue weighted by molar-refractivity contribution is 6.13. The fraction of sp³-hybridized carbons (Fsp3) is 0. The number of aromatic nitrogens is 3. The average Bonchev–Trinajstić information content (AvgIpc) is 3.96. The summed E-state index contributed by atoms with van der Waals surface area (Å²) in [6.45, 7) is 0. The van der Waals surface area contributed by atoms with Crippen molar-refractivity contribution < 1.29 is 20.6 Å². The minimum atomic E-state index is -0.741. The Labute approximate surface area is 315 Å². The van der Waals surface area contributed by atoms with E-state index in [1.807, 2.05) is 60.7 Å². The van der Waals surface area contributed by atoms with Crippen LogP contribution in [-0.4, -0.2) is 13.7 Å². The maximum Gasteiger partial charge on any atom is 0.0667 e. The van der Waals surface area contributed by atoms with Gasteiger partial charge in [-0.2, -0.15) is 0 Å². The lowest BCUT2D eigenvalue weighted by atomic mass is 10.0. The zero-order chi connectivity index (χ0) is 46.5. The monoisotopic (exact) mass is 664 g/mol. The molecule has 0 spiro atoms. The average molecular weight is 665 g/mol. The van der Waals surface area contributed by atoms with Crippen LogP contribution in [0.4, 0.5) is 0 Å². The summed E-state index contributed by atoms with van der Waals surface area (Å²) in [5.74, 6) is 0. The van der Waals surface area contributed by atoms with E-state index in [1.54, 1.807) is 45.5 Å². The highest BCUT2D eigenvalue weighted by atomic mass is 15.0. The summed E-state index contributed by atoms with van der Waals surface area (Å²) >= 11 is 0. The molecule has 0 saturated heterocycles. The van der Waals surface area contributed by atoms with Gasteiger partial charge in [0.1, 0.15) is 0 Å². The van der Waals surface area contributed by atoms with Gasteiger partial charge in [-0.05, 0) is 77.7 Å². The van der Waals surface area contributed by atoms with E-state index in [4.69, 9.17) is 9.60 Å². The zero-order valence-corrected chi connectivity index (χ0v) is 26.6. The first kappa shape index (κ1) is 17.2. The number of fused-ring (bicyclic) bond motifs is 9. The van der Waals surface area contributed by atoms with Crippen LogP contribution in [0.15, 0.2) is 188 Å². The van der Waals surface area contributed by atoms with Crippen LogP contribution in [0.3, 0.4) is 0 Å². The van der Waals surface area contributed by atoms with Gasteiger partial charge >= 0.3 is 0 Å². The lowest BCUT2D eigenvalue weighted by Gasteiger charge is -2.16. The van der Waals surface area contributed by atoms with E-state index in [0.29, 0.717) is 22.1 Å². The molecule has 8 aromatic carbocycles. The third kappa shape index (κ3) is 4.12. The van der Waals surface area contributed by atoms with Crippen LogP contribution < -0.4 is 0 Å². The van der Waals surface area contributed by atoms with Crippen molar-refractivity contribution in [3.8, 4) is 28.2 Å². The molecule has 0 atom stereocenters. The second-order valence-corrected chi connectivity index (χ2v) is 12.2. The predicted octanol–water partition coefficient (Wildman–Crippen LogP) is 12.6. The Kier molecular flexibility index (Phi) is 3.65. The molecule has 0 amide bonds. The maximum absolute atomic E-state index is 10.2. The van der Waals surface area contributed by atoms with Crippen molar-refractivity contribution in [1.82, 2.24) is 13.7 Å². The lowest BCUT2D eigenvalue weighted by Crippen LogP contribution is -2.00. The molecule has 0 radical (unpaired) electrons. The highest BCUT2D eigenvalue weighted by Crippen LogP contribution is 2.39. The lowest BCUT2D eigenvalue weighted by molar-refractivity contribution is 1.13. The summed E-state index contributed by atoms with van der Waals surface area (Å²) in [7, 11) is 0. The van der Waals surface area contributed by atoms with Gasteiger partial charge in [0, 0.05) is 49.4 Å². The topological polar surface area (TPSA) is 14.8 Å². The quantitative estimate of drug-likeness (QED) is 0.178. The number of para-hydroxylation sites is 5. The number of hydrogen-bond donors (Lipinski definition) is 0. The van der Waals surface area contributed by atoms with Crippen molar-refractivity contribution in [2.45, 2.75) is 0 Å². The van der Waals surface area contributed by atoms with Gasteiger partial charge in [0.2, 0.25) is 0 Å². The molecule has 0 aliphatic heterocycles. The predicted molar refractivity (Wildman–Crippen MR) is 215 cm³/mol. The Balaban J connectivity index is 1.40. The largest absolute Gasteiger partial charge is 0.309 e. The van der Waals surface area contributed by atoms with Crippen LogP contribution in [0, 0.1) is 0 Å². The maximum atomic E-state index is 10.2. The number of rotatable bonds is 4. The van der Waals surface area contributed by atoms with Gasteiger partial charge in [-0.1, -0.05) is 121 Å². The second-order valence-electron chi connectivity index (χ2n) is 12.2. The van der Waals surface area contributed by atoms with Crippen LogP contribution in [0.25, 0.3) is 93.6 Å². The van der Waals surface area contributed by atoms with Gasteiger partial charge in [-0.25, -0.2) is 0 Å². The first-order valence-corrected chi connectivity index (χ1v) is 16.3. The molecule has 3 heteroatoms. The first-order valence-electron chi connectivity index (χ1n) is 23.8. The molecular formula is C48H31N3. The van der Waals surface area contributed by atoms with E-state index < -0.39 is 101 Å². The van der Waals surface area contributed by atoms with Crippen LogP contribution >= 0.6 is 0 Å². The minimum Gasteiger partial charge on any atom is -0.309 e. The van der Waals surface area contributed by atoms with Crippen LogP contribution in [0.1, 0.15) is 20.6 Å². The molecule has 11 aromatic rings. The standard InChI is InChI=1S/C48H31N3/c1-2-14-32(15-3-1)33-28-35(50-45-23-11-6-18-39(45)40-19-7-12-24-46(40)50)30-36(29-33)51-47-25-13-8-20-41(47)42-31-34(26-27-48(42)51)49-43-21-9-4-16-37(43)38-17-5-10-22-44(38)49/h1-31H/i1D,2D,3D,8D,13D,14D,15D,20D,25D,26D,27D,28D,29D,30D,31D. The van der Waals surface area contributed by atoms with E-state index in [0.717, 1.165) is 26.1 Å². The SMILES string of the molecule is [2H]c1c([2H])c([2H])c(-c2c([2H])c(-n3c4ccccc4c4ccccc43)c([2H])c(-n3c4c([2H])c([2H])c([2H])c([2H])c4c4c([2H])c(-n5c6ccccc6c6ccccc65)c([2H])c([2H])c43)c2[2H])c([2H])c1[2H]. The Morgan fingerprint density at radius 1 is 0.294 bits per heavy atom. The van der Waals surface area contributed by atoms with Crippen LogP contribution in [0.2, 0.25) is 0 Å². The van der Waals surface area contributed by atoms with Crippen molar-refractivity contribution in [3.63, 3.8) is 0 Å². The molecule has 3 heterocycles. The van der Waals surface area contributed by atoms with E-state index in [1.165, 1.54) is 0 Å². The molecule has 0 aliphatic carbocycles. The molecule has 0 aliphatic rings. The fourth-order valence-corrected chi connectivity index (χ4v) is 7.33. The van der Waals surface area contributed by atoms with E-state index in [2.05, 4.69) is 0 Å². The molecule has 0 fully saturated rings. The smallest absolute Gasteiger partial charge is 0.0667 e. The van der Waals surface area contributed by atoms with Crippen molar-refractivity contribution >= 4 is 65.4 Å². The van der Waals surface area contributed by atoms with Gasteiger partial charge in [-0.15, -0.1) is 0 Å². The van der Waals surface area contributed by atoms with E-state index in [-0.39, 0.29) is 39.2 Å². The second kappa shape index (κ2) is 10.8. The molecule has 51 heavy (non-hydrogen) atoms. The summed E-state index contributed by atoms with van der Waals surface area (Å²) in [4.78, 5) is 0. The third-order valence-corrected chi connectivity index (χ3v) is 9.45. The van der Waals surface area contributed by atoms with Crippen LogP contribution in [0.5, 0.6) is 0 Å². The van der Waals surface area contributed by atoms with Crippen molar-refractivity contribution in [3.05, 3.63) is 188 Å². The van der Waals surface area contributed by atoms with Crippen molar-refractivity contribution in [2.75, 3.05) is 0 Å². The highest BCUT2D eigenvalue weighted by Gasteiger charge is 2.19. The van der Waals surface area contributed by atoms with Crippen LogP contribution in [-0.2, 0) is 0 Å². The molecule has 3 nitrogen and oxygen atoms in total. The summed E-state index contributed by atoms with van der Waals surface area (Å²) in [5.41, 5.74) is -0.157. The number of hydrogen-bond acceptors (Lipinski definition) is 0. The Morgan fingerprint density at radius 2 is 0.745 bits per heavy atom. The summed E-state index contributed by atoms with van der Waals surface area (Å²) in [5, 5.41) is 2.65. The number of benzene rings is 8. The Bertz CT molecular complexity index is 3880. The van der Waals surface area contributed by atoms with Gasteiger partial charge in [0.15, 0.2) is 0 Å². The van der Waals surface area contributed by atoms with E-state index >= 15 is 0 Å². The molecule has 11 rings (SSSR count). The Hall–Kier alpha value is -6.84. The summed E-state index contributed by atoms with van der Waals surface area (Å²) < 4.78 is 144. The molecule has 238 valence electrons.